The predicted octanol–water partition coefficient (Wildman–Crippen LogP) is 6.68. The number of halogens is 1. The molecule has 2 aliphatic rings. The van der Waals surface area contributed by atoms with Gasteiger partial charge in [0.1, 0.15) is 23.4 Å². The summed E-state index contributed by atoms with van der Waals surface area (Å²) in [7, 11) is 0. The fourth-order valence-electron chi connectivity index (χ4n) is 5.22. The van der Waals surface area contributed by atoms with Gasteiger partial charge in [-0.3, -0.25) is 14.5 Å². The molecule has 0 aliphatic carbocycles. The van der Waals surface area contributed by atoms with Crippen LogP contribution in [0.3, 0.4) is 0 Å². The van der Waals surface area contributed by atoms with Crippen molar-refractivity contribution < 1.29 is 23.8 Å². The number of ketones is 1. The number of fused-ring (bicyclic) bond motifs is 2. The SMILES string of the molecule is CC1Cc2cc(/C(O)=C3\C(=O)C(=O)N(c4nc5ccc(F)cc5s4)C3c3ccc(C(C)(C)C)cc3)ccc2O1. The zero-order valence-electron chi connectivity index (χ0n) is 22.0. The van der Waals surface area contributed by atoms with Gasteiger partial charge >= 0.3 is 5.91 Å². The molecule has 6 rings (SSSR count). The van der Waals surface area contributed by atoms with E-state index in [4.69, 9.17) is 4.74 Å². The number of hydrogen-bond acceptors (Lipinski definition) is 6. The zero-order chi connectivity index (χ0) is 27.6. The van der Waals surface area contributed by atoms with Crippen molar-refractivity contribution in [1.29, 1.82) is 0 Å². The second-order valence-electron chi connectivity index (χ2n) is 11.1. The summed E-state index contributed by atoms with van der Waals surface area (Å²) in [6, 6.07) is 16.3. The van der Waals surface area contributed by atoms with Gasteiger partial charge in [-0.1, -0.05) is 56.4 Å². The summed E-state index contributed by atoms with van der Waals surface area (Å²) in [6.07, 6.45) is 0.707. The second kappa shape index (κ2) is 9.02. The molecule has 1 saturated heterocycles. The van der Waals surface area contributed by atoms with Crippen LogP contribution in [-0.2, 0) is 21.4 Å². The Bertz CT molecular complexity index is 1680. The molecule has 0 radical (unpaired) electrons. The van der Waals surface area contributed by atoms with Crippen LogP contribution in [0.1, 0.15) is 56.0 Å². The van der Waals surface area contributed by atoms with E-state index >= 15 is 0 Å². The number of nitrogens with zero attached hydrogens (tertiary/aromatic N) is 2. The number of thiazole rings is 1. The third-order valence-corrected chi connectivity index (χ3v) is 8.27. The van der Waals surface area contributed by atoms with Crippen LogP contribution in [-0.4, -0.2) is 27.9 Å². The van der Waals surface area contributed by atoms with Crippen molar-refractivity contribution in [2.45, 2.75) is 51.7 Å². The molecule has 0 saturated carbocycles. The summed E-state index contributed by atoms with van der Waals surface area (Å²) in [5, 5.41) is 11.8. The largest absolute Gasteiger partial charge is 0.507 e. The third kappa shape index (κ3) is 4.29. The van der Waals surface area contributed by atoms with E-state index < -0.39 is 23.5 Å². The molecule has 198 valence electrons. The normalized spacial score (nSPS) is 20.5. The third-order valence-electron chi connectivity index (χ3n) is 7.25. The maximum absolute atomic E-state index is 13.9. The topological polar surface area (TPSA) is 79.7 Å². The lowest BCUT2D eigenvalue weighted by molar-refractivity contribution is -0.132. The number of hydrogen-bond donors (Lipinski definition) is 1. The van der Waals surface area contributed by atoms with E-state index in [9.17, 15) is 19.1 Å². The van der Waals surface area contributed by atoms with E-state index in [1.54, 1.807) is 18.2 Å². The molecule has 3 aromatic carbocycles. The Morgan fingerprint density at radius 3 is 2.54 bits per heavy atom. The molecule has 2 unspecified atom stereocenters. The van der Waals surface area contributed by atoms with Gasteiger partial charge in [0.15, 0.2) is 5.13 Å². The highest BCUT2D eigenvalue weighted by molar-refractivity contribution is 7.22. The predicted molar refractivity (Wildman–Crippen MR) is 150 cm³/mol. The first-order valence-electron chi connectivity index (χ1n) is 12.8. The number of anilines is 1. The lowest BCUT2D eigenvalue weighted by Gasteiger charge is -2.24. The number of aliphatic hydroxyl groups is 1. The molecule has 1 N–H and O–H groups in total. The maximum atomic E-state index is 13.9. The fourth-order valence-corrected chi connectivity index (χ4v) is 6.24. The van der Waals surface area contributed by atoms with Crippen molar-refractivity contribution in [3.63, 3.8) is 0 Å². The van der Waals surface area contributed by atoms with Gasteiger partial charge in [0.25, 0.3) is 5.78 Å². The van der Waals surface area contributed by atoms with Gasteiger partial charge in [-0.15, -0.1) is 0 Å². The minimum Gasteiger partial charge on any atom is -0.507 e. The van der Waals surface area contributed by atoms with E-state index in [2.05, 4.69) is 25.8 Å². The molecule has 0 bridgehead atoms. The molecule has 2 aliphatic heterocycles. The molecule has 4 aromatic rings. The van der Waals surface area contributed by atoms with Crippen molar-refractivity contribution in [1.82, 2.24) is 4.98 Å². The van der Waals surface area contributed by atoms with Gasteiger partial charge in [0.05, 0.1) is 21.8 Å². The van der Waals surface area contributed by atoms with Gasteiger partial charge in [-0.25, -0.2) is 9.37 Å². The summed E-state index contributed by atoms with van der Waals surface area (Å²) < 4.78 is 20.2. The maximum Gasteiger partial charge on any atom is 0.301 e. The summed E-state index contributed by atoms with van der Waals surface area (Å²) in [5.41, 5.74) is 3.53. The zero-order valence-corrected chi connectivity index (χ0v) is 22.8. The summed E-state index contributed by atoms with van der Waals surface area (Å²) in [6.45, 7) is 8.28. The number of ether oxygens (including phenoxy) is 1. The van der Waals surface area contributed by atoms with E-state index in [0.717, 1.165) is 28.2 Å². The standard InChI is InChI=1S/C31H27FN2O4S/c1-16-13-19-14-18(7-12-23(19)38-16)27(35)25-26(17-5-8-20(9-6-17)31(2,3)4)34(29(37)28(25)36)30-33-22-11-10-21(32)15-24(22)39-30/h5-12,14-16,26,35H,13H2,1-4H3/b27-25+. The fraction of sp³-hybridized carbons (Fsp3) is 0.258. The highest BCUT2D eigenvalue weighted by atomic mass is 32.1. The number of rotatable bonds is 3. The number of aromatic nitrogens is 1. The molecular weight excluding hydrogens is 515 g/mol. The molecule has 1 amide bonds. The minimum atomic E-state index is -0.909. The Labute approximate surface area is 229 Å². The number of carbonyl (C=O) groups excluding carboxylic acids is 2. The van der Waals surface area contributed by atoms with Gasteiger partial charge < -0.3 is 9.84 Å². The first-order valence-corrected chi connectivity index (χ1v) is 13.6. The summed E-state index contributed by atoms with van der Waals surface area (Å²) in [5.74, 6) is -1.51. The molecule has 8 heteroatoms. The van der Waals surface area contributed by atoms with E-state index in [0.29, 0.717) is 27.8 Å². The van der Waals surface area contributed by atoms with Crippen LogP contribution in [0.2, 0.25) is 0 Å². The smallest absolute Gasteiger partial charge is 0.301 e. The van der Waals surface area contributed by atoms with E-state index in [1.807, 2.05) is 37.3 Å². The Hall–Kier alpha value is -4.04. The first-order chi connectivity index (χ1) is 18.5. The lowest BCUT2D eigenvalue weighted by Crippen LogP contribution is -2.29. The summed E-state index contributed by atoms with van der Waals surface area (Å²) >= 11 is 1.13. The molecule has 1 aromatic heterocycles. The van der Waals surface area contributed by atoms with Crippen LogP contribution in [0.25, 0.3) is 16.0 Å². The first kappa shape index (κ1) is 25.2. The Morgan fingerprint density at radius 2 is 1.82 bits per heavy atom. The quantitative estimate of drug-likeness (QED) is 0.177. The minimum absolute atomic E-state index is 0.0131. The average molecular weight is 543 g/mol. The van der Waals surface area contributed by atoms with Gasteiger partial charge in [0, 0.05) is 12.0 Å². The van der Waals surface area contributed by atoms with Crippen molar-refractivity contribution in [2.75, 3.05) is 4.90 Å². The number of carbonyl (C=O) groups is 2. The lowest BCUT2D eigenvalue weighted by atomic mass is 9.85. The average Bonchev–Trinajstić information content (AvgIpc) is 3.55. The van der Waals surface area contributed by atoms with Crippen LogP contribution in [0.5, 0.6) is 5.75 Å². The van der Waals surface area contributed by atoms with Crippen molar-refractivity contribution in [3.05, 3.63) is 94.3 Å². The number of aliphatic hydroxyl groups excluding tert-OH is 1. The molecular formula is C31H27FN2O4S. The van der Waals surface area contributed by atoms with Gasteiger partial charge in [-0.05, 0) is 65.4 Å². The van der Waals surface area contributed by atoms with Crippen LogP contribution < -0.4 is 9.64 Å². The van der Waals surface area contributed by atoms with Gasteiger partial charge in [0.2, 0.25) is 0 Å². The van der Waals surface area contributed by atoms with Gasteiger partial charge in [-0.2, -0.15) is 0 Å². The Balaban J connectivity index is 1.53. The highest BCUT2D eigenvalue weighted by Crippen LogP contribution is 2.45. The van der Waals surface area contributed by atoms with Crippen LogP contribution in [0.15, 0.2) is 66.2 Å². The van der Waals surface area contributed by atoms with E-state index in [-0.39, 0.29) is 28.0 Å². The Kier molecular flexibility index (Phi) is 5.84. The van der Waals surface area contributed by atoms with Crippen LogP contribution in [0, 0.1) is 5.82 Å². The van der Waals surface area contributed by atoms with E-state index in [1.165, 1.54) is 17.0 Å². The number of Topliss-reactive ketones (excluding diaryl/α,β-unsaturated/α-hetero) is 1. The van der Waals surface area contributed by atoms with Crippen molar-refractivity contribution >= 4 is 44.1 Å². The molecule has 0 spiro atoms. The highest BCUT2D eigenvalue weighted by Gasteiger charge is 2.48. The molecule has 6 nitrogen and oxygen atoms in total. The number of amides is 1. The second-order valence-corrected chi connectivity index (χ2v) is 12.1. The Morgan fingerprint density at radius 1 is 1.08 bits per heavy atom. The van der Waals surface area contributed by atoms with Crippen molar-refractivity contribution in [3.8, 4) is 5.75 Å². The molecule has 2 atom stereocenters. The monoisotopic (exact) mass is 542 g/mol. The van der Waals surface area contributed by atoms with Crippen LogP contribution in [0.4, 0.5) is 9.52 Å². The van der Waals surface area contributed by atoms with Crippen molar-refractivity contribution in [2.24, 2.45) is 0 Å². The van der Waals surface area contributed by atoms with Crippen LogP contribution >= 0.6 is 11.3 Å². The molecule has 39 heavy (non-hydrogen) atoms. The molecule has 1 fully saturated rings. The summed E-state index contributed by atoms with van der Waals surface area (Å²) in [4.78, 5) is 33.0. The number of benzene rings is 3. The molecule has 3 heterocycles.